The lowest BCUT2D eigenvalue weighted by molar-refractivity contribution is 0.208. The fourth-order valence-electron chi connectivity index (χ4n) is 2.14. The third-order valence-electron chi connectivity index (χ3n) is 3.17. The number of aromatic nitrogens is 2. The van der Waals surface area contributed by atoms with Gasteiger partial charge in [0.15, 0.2) is 0 Å². The number of halogens is 1. The van der Waals surface area contributed by atoms with Crippen molar-refractivity contribution in [2.24, 2.45) is 7.05 Å². The molecule has 1 aromatic heterocycles. The van der Waals surface area contributed by atoms with Crippen LogP contribution in [0, 0.1) is 26.6 Å². The quantitative estimate of drug-likeness (QED) is 0.887. The largest absolute Gasteiger partial charge is 0.382 e. The zero-order valence-corrected chi connectivity index (χ0v) is 11.0. The van der Waals surface area contributed by atoms with Gasteiger partial charge in [0, 0.05) is 18.3 Å². The van der Waals surface area contributed by atoms with E-state index in [9.17, 15) is 9.50 Å². The van der Waals surface area contributed by atoms with Gasteiger partial charge in [0.25, 0.3) is 0 Å². The fraction of sp³-hybridized carbons (Fsp3) is 0.357. The molecule has 0 aliphatic rings. The van der Waals surface area contributed by atoms with Crippen molar-refractivity contribution < 1.29 is 9.50 Å². The Labute approximate surface area is 106 Å². The molecule has 0 fully saturated rings. The zero-order chi connectivity index (χ0) is 13.4. The zero-order valence-electron chi connectivity index (χ0n) is 11.0. The van der Waals surface area contributed by atoms with Crippen molar-refractivity contribution in [3.05, 3.63) is 52.1 Å². The summed E-state index contributed by atoms with van der Waals surface area (Å²) in [6, 6.07) is 5.06. The van der Waals surface area contributed by atoms with E-state index >= 15 is 0 Å². The van der Waals surface area contributed by atoms with Gasteiger partial charge in [0.1, 0.15) is 11.9 Å². The second-order valence-corrected chi connectivity index (χ2v) is 4.71. The molecule has 1 N–H and O–H groups in total. The molecule has 2 aromatic rings. The highest BCUT2D eigenvalue weighted by Crippen LogP contribution is 2.27. The minimum Gasteiger partial charge on any atom is -0.382 e. The van der Waals surface area contributed by atoms with Crippen molar-refractivity contribution in [1.82, 2.24) is 9.78 Å². The Balaban J connectivity index is 2.49. The number of benzene rings is 1. The van der Waals surface area contributed by atoms with Gasteiger partial charge in [-0.1, -0.05) is 6.07 Å². The molecule has 1 aromatic carbocycles. The first-order chi connectivity index (χ1) is 8.40. The lowest BCUT2D eigenvalue weighted by atomic mass is 9.98. The molecule has 0 amide bonds. The molecule has 96 valence electrons. The molecule has 0 radical (unpaired) electrons. The summed E-state index contributed by atoms with van der Waals surface area (Å²) in [5.41, 5.74) is 3.29. The fourth-order valence-corrected chi connectivity index (χ4v) is 2.14. The first-order valence-corrected chi connectivity index (χ1v) is 5.85. The Bertz CT molecular complexity index is 547. The highest BCUT2D eigenvalue weighted by atomic mass is 19.1. The minimum atomic E-state index is -1.02. The maximum absolute atomic E-state index is 14.0. The SMILES string of the molecule is Cc1cc(C)c(C(O)c2cc(C)n(C)n2)c(F)c1. The number of aliphatic hydroxyl groups excluding tert-OH is 1. The molecule has 0 saturated carbocycles. The maximum atomic E-state index is 14.0. The van der Waals surface area contributed by atoms with Gasteiger partial charge in [-0.25, -0.2) is 4.39 Å². The van der Waals surface area contributed by atoms with Gasteiger partial charge >= 0.3 is 0 Å². The van der Waals surface area contributed by atoms with Crippen LogP contribution in [-0.2, 0) is 7.05 Å². The van der Waals surface area contributed by atoms with Crippen LogP contribution in [0.5, 0.6) is 0 Å². The topological polar surface area (TPSA) is 38.0 Å². The summed E-state index contributed by atoms with van der Waals surface area (Å²) in [6.45, 7) is 5.52. The van der Waals surface area contributed by atoms with E-state index in [0.29, 0.717) is 11.3 Å². The van der Waals surface area contributed by atoms with Gasteiger partial charge in [-0.05, 0) is 44.0 Å². The van der Waals surface area contributed by atoms with Crippen LogP contribution in [0.2, 0.25) is 0 Å². The van der Waals surface area contributed by atoms with E-state index in [0.717, 1.165) is 16.8 Å². The summed E-state index contributed by atoms with van der Waals surface area (Å²) < 4.78 is 15.6. The van der Waals surface area contributed by atoms with E-state index in [4.69, 9.17) is 0 Å². The first-order valence-electron chi connectivity index (χ1n) is 5.85. The summed E-state index contributed by atoms with van der Waals surface area (Å²) in [6.07, 6.45) is -1.02. The number of hydrogen-bond acceptors (Lipinski definition) is 2. The number of hydrogen-bond donors (Lipinski definition) is 1. The number of nitrogens with zero attached hydrogens (tertiary/aromatic N) is 2. The van der Waals surface area contributed by atoms with Crippen LogP contribution in [0.3, 0.4) is 0 Å². The lowest BCUT2D eigenvalue weighted by Crippen LogP contribution is -2.07. The van der Waals surface area contributed by atoms with Crippen molar-refractivity contribution in [1.29, 1.82) is 0 Å². The molecular weight excluding hydrogens is 231 g/mol. The highest BCUT2D eigenvalue weighted by molar-refractivity contribution is 5.37. The van der Waals surface area contributed by atoms with Gasteiger partial charge < -0.3 is 5.11 Å². The molecule has 3 nitrogen and oxygen atoms in total. The standard InChI is InChI=1S/C14H17FN2O/c1-8-5-9(2)13(11(15)6-8)14(18)12-7-10(3)17(4)16-12/h5-7,14,18H,1-4H3. The second-order valence-electron chi connectivity index (χ2n) is 4.71. The van der Waals surface area contributed by atoms with Crippen LogP contribution in [0.15, 0.2) is 18.2 Å². The lowest BCUT2D eigenvalue weighted by Gasteiger charge is -2.13. The maximum Gasteiger partial charge on any atom is 0.129 e. The molecule has 0 bridgehead atoms. The van der Waals surface area contributed by atoms with Gasteiger partial charge in [-0.15, -0.1) is 0 Å². The van der Waals surface area contributed by atoms with Crippen molar-refractivity contribution in [3.8, 4) is 0 Å². The van der Waals surface area contributed by atoms with Crippen molar-refractivity contribution in [2.75, 3.05) is 0 Å². The third-order valence-corrected chi connectivity index (χ3v) is 3.17. The Morgan fingerprint density at radius 1 is 1.22 bits per heavy atom. The molecule has 0 aliphatic heterocycles. The number of rotatable bonds is 2. The average molecular weight is 248 g/mol. The summed E-state index contributed by atoms with van der Waals surface area (Å²) >= 11 is 0. The van der Waals surface area contributed by atoms with Crippen LogP contribution in [0.4, 0.5) is 4.39 Å². The first kappa shape index (κ1) is 12.8. The Kier molecular flexibility index (Phi) is 3.22. The summed E-state index contributed by atoms with van der Waals surface area (Å²) in [5.74, 6) is -0.386. The molecule has 18 heavy (non-hydrogen) atoms. The molecular formula is C14H17FN2O. The molecule has 1 unspecified atom stereocenters. The Hall–Kier alpha value is -1.68. The van der Waals surface area contributed by atoms with Crippen LogP contribution in [-0.4, -0.2) is 14.9 Å². The third kappa shape index (κ3) is 2.16. The van der Waals surface area contributed by atoms with Crippen molar-refractivity contribution >= 4 is 0 Å². The number of aliphatic hydroxyl groups is 1. The predicted molar refractivity (Wildman–Crippen MR) is 67.9 cm³/mol. The van der Waals surface area contributed by atoms with Gasteiger partial charge in [-0.3, -0.25) is 4.68 Å². The molecule has 0 aliphatic carbocycles. The van der Waals surface area contributed by atoms with Crippen LogP contribution in [0.25, 0.3) is 0 Å². The monoisotopic (exact) mass is 248 g/mol. The Morgan fingerprint density at radius 2 is 1.89 bits per heavy atom. The summed E-state index contributed by atoms with van der Waals surface area (Å²) in [4.78, 5) is 0. The molecule has 0 saturated heterocycles. The number of aryl methyl sites for hydroxylation is 4. The van der Waals surface area contributed by atoms with Gasteiger partial charge in [0.05, 0.1) is 5.69 Å². The van der Waals surface area contributed by atoms with Gasteiger partial charge in [-0.2, -0.15) is 5.10 Å². The normalized spacial score (nSPS) is 12.8. The van der Waals surface area contributed by atoms with E-state index in [-0.39, 0.29) is 5.82 Å². The predicted octanol–water partition coefficient (Wildman–Crippen LogP) is 2.57. The minimum absolute atomic E-state index is 0.304. The van der Waals surface area contributed by atoms with Crippen LogP contribution < -0.4 is 0 Å². The summed E-state index contributed by atoms with van der Waals surface area (Å²) in [5, 5.41) is 14.5. The molecule has 0 spiro atoms. The van der Waals surface area contributed by atoms with Crippen LogP contribution >= 0.6 is 0 Å². The van der Waals surface area contributed by atoms with Crippen LogP contribution in [0.1, 0.15) is 34.2 Å². The van der Waals surface area contributed by atoms with Crippen molar-refractivity contribution in [3.63, 3.8) is 0 Å². The Morgan fingerprint density at radius 3 is 2.39 bits per heavy atom. The van der Waals surface area contributed by atoms with E-state index < -0.39 is 6.10 Å². The van der Waals surface area contributed by atoms with E-state index in [1.54, 1.807) is 24.7 Å². The molecule has 1 heterocycles. The van der Waals surface area contributed by atoms with Crippen molar-refractivity contribution in [2.45, 2.75) is 26.9 Å². The van der Waals surface area contributed by atoms with E-state index in [1.165, 1.54) is 6.07 Å². The highest BCUT2D eigenvalue weighted by Gasteiger charge is 2.20. The molecule has 4 heteroatoms. The average Bonchev–Trinajstić information content (AvgIpc) is 2.57. The smallest absolute Gasteiger partial charge is 0.129 e. The van der Waals surface area contributed by atoms with Gasteiger partial charge in [0.2, 0.25) is 0 Å². The molecule has 1 atom stereocenters. The molecule has 2 rings (SSSR count). The summed E-state index contributed by atoms with van der Waals surface area (Å²) in [7, 11) is 1.80. The second kappa shape index (κ2) is 4.53. The van der Waals surface area contributed by atoms with E-state index in [1.807, 2.05) is 19.9 Å². The van der Waals surface area contributed by atoms with E-state index in [2.05, 4.69) is 5.10 Å².